The maximum Gasteiger partial charge on any atom is 0.168 e. The molecule has 1 aliphatic heterocycles. The molecule has 1 fully saturated rings. The highest BCUT2D eigenvalue weighted by atomic mass is 19.1. The Labute approximate surface area is 126 Å². The molecular formula is C17H26FNO2. The first kappa shape index (κ1) is 16.2. The summed E-state index contributed by atoms with van der Waals surface area (Å²) in [5.41, 5.74) is 0.715. The fourth-order valence-electron chi connectivity index (χ4n) is 2.96. The summed E-state index contributed by atoms with van der Waals surface area (Å²) < 4.78 is 25.0. The van der Waals surface area contributed by atoms with Crippen LogP contribution in [0.3, 0.4) is 0 Å². The zero-order chi connectivity index (χ0) is 15.1. The van der Waals surface area contributed by atoms with Crippen LogP contribution in [0.2, 0.25) is 0 Å². The van der Waals surface area contributed by atoms with Crippen LogP contribution in [-0.2, 0) is 11.2 Å². The van der Waals surface area contributed by atoms with Gasteiger partial charge in [0, 0.05) is 12.6 Å². The summed E-state index contributed by atoms with van der Waals surface area (Å²) in [7, 11) is 1.50. The normalized spacial score (nSPS) is 19.7. The lowest BCUT2D eigenvalue weighted by Crippen LogP contribution is -2.32. The maximum absolute atomic E-state index is 14.2. The Bertz CT molecular complexity index is 433. The number of ether oxygens (including phenoxy) is 2. The molecule has 0 bridgehead atoms. The van der Waals surface area contributed by atoms with Crippen molar-refractivity contribution in [1.82, 2.24) is 5.32 Å². The quantitative estimate of drug-likeness (QED) is 0.798. The number of rotatable bonds is 8. The summed E-state index contributed by atoms with van der Waals surface area (Å²) in [6.45, 7) is 3.86. The zero-order valence-corrected chi connectivity index (χ0v) is 13.0. The number of halogens is 1. The van der Waals surface area contributed by atoms with Gasteiger partial charge in [0.2, 0.25) is 0 Å². The molecule has 3 nitrogen and oxygen atoms in total. The summed E-state index contributed by atoms with van der Waals surface area (Å²) in [6, 6.07) is 5.63. The largest absolute Gasteiger partial charge is 0.494 e. The van der Waals surface area contributed by atoms with Crippen LogP contribution in [0.1, 0.15) is 38.2 Å². The topological polar surface area (TPSA) is 30.5 Å². The molecule has 2 unspecified atom stereocenters. The van der Waals surface area contributed by atoms with E-state index in [0.29, 0.717) is 23.8 Å². The van der Waals surface area contributed by atoms with E-state index in [1.165, 1.54) is 13.5 Å². The smallest absolute Gasteiger partial charge is 0.168 e. The molecule has 0 saturated carbocycles. The van der Waals surface area contributed by atoms with Gasteiger partial charge >= 0.3 is 0 Å². The van der Waals surface area contributed by atoms with Crippen molar-refractivity contribution in [2.75, 3.05) is 20.3 Å². The van der Waals surface area contributed by atoms with E-state index in [9.17, 15) is 4.39 Å². The summed E-state index contributed by atoms with van der Waals surface area (Å²) in [6.07, 6.45) is 5.46. The van der Waals surface area contributed by atoms with Crippen LogP contribution in [0.25, 0.3) is 0 Å². The predicted octanol–water partition coefficient (Wildman–Crippen LogP) is 3.31. The van der Waals surface area contributed by atoms with Crippen molar-refractivity contribution in [2.24, 2.45) is 0 Å². The van der Waals surface area contributed by atoms with E-state index < -0.39 is 0 Å². The lowest BCUT2D eigenvalue weighted by atomic mass is 9.98. The molecule has 0 spiro atoms. The first-order chi connectivity index (χ1) is 10.2. The van der Waals surface area contributed by atoms with E-state index in [0.717, 1.165) is 32.4 Å². The molecule has 0 aliphatic carbocycles. The zero-order valence-electron chi connectivity index (χ0n) is 13.0. The highest BCUT2D eigenvalue weighted by Gasteiger charge is 2.19. The molecule has 1 aromatic carbocycles. The van der Waals surface area contributed by atoms with Gasteiger partial charge in [-0.2, -0.15) is 0 Å². The molecule has 1 aromatic rings. The molecule has 0 amide bonds. The second kappa shape index (κ2) is 8.35. The number of methoxy groups -OCH3 is 1. The molecule has 4 heteroatoms. The van der Waals surface area contributed by atoms with Crippen LogP contribution in [-0.4, -0.2) is 32.4 Å². The Hall–Kier alpha value is -1.13. The van der Waals surface area contributed by atoms with Crippen molar-refractivity contribution in [1.29, 1.82) is 0 Å². The molecule has 118 valence electrons. The summed E-state index contributed by atoms with van der Waals surface area (Å²) in [4.78, 5) is 0. The minimum Gasteiger partial charge on any atom is -0.494 e. The SMILES string of the molecule is CCNC(CCC1CCCO1)Cc1cccc(OC)c1F. The molecule has 0 aromatic heterocycles. The second-order valence-electron chi connectivity index (χ2n) is 5.60. The monoisotopic (exact) mass is 295 g/mol. The van der Waals surface area contributed by atoms with Crippen LogP contribution in [0.4, 0.5) is 4.39 Å². The van der Waals surface area contributed by atoms with Crippen molar-refractivity contribution in [3.05, 3.63) is 29.6 Å². The van der Waals surface area contributed by atoms with Crippen LogP contribution in [0.15, 0.2) is 18.2 Å². The average molecular weight is 295 g/mol. The lowest BCUT2D eigenvalue weighted by molar-refractivity contribution is 0.0996. The van der Waals surface area contributed by atoms with E-state index in [1.807, 2.05) is 12.1 Å². The van der Waals surface area contributed by atoms with E-state index in [2.05, 4.69) is 12.2 Å². The van der Waals surface area contributed by atoms with Gasteiger partial charge in [-0.05, 0) is 50.3 Å². The Morgan fingerprint density at radius 1 is 1.48 bits per heavy atom. The van der Waals surface area contributed by atoms with Gasteiger partial charge in [-0.25, -0.2) is 4.39 Å². The van der Waals surface area contributed by atoms with Crippen LogP contribution >= 0.6 is 0 Å². The standard InChI is InChI=1S/C17H26FNO2/c1-3-19-14(9-10-15-7-5-11-21-15)12-13-6-4-8-16(20-2)17(13)18/h4,6,8,14-15,19H,3,5,7,9-12H2,1-2H3. The Morgan fingerprint density at radius 2 is 2.33 bits per heavy atom. The third-order valence-corrected chi connectivity index (χ3v) is 4.08. The third kappa shape index (κ3) is 4.68. The van der Waals surface area contributed by atoms with Crippen molar-refractivity contribution >= 4 is 0 Å². The highest BCUT2D eigenvalue weighted by Crippen LogP contribution is 2.23. The van der Waals surface area contributed by atoms with Crippen molar-refractivity contribution in [2.45, 2.75) is 51.2 Å². The first-order valence-corrected chi connectivity index (χ1v) is 7.91. The van der Waals surface area contributed by atoms with Crippen LogP contribution in [0, 0.1) is 5.82 Å². The minimum absolute atomic E-state index is 0.236. The Kier molecular flexibility index (Phi) is 6.46. The fourth-order valence-corrected chi connectivity index (χ4v) is 2.96. The maximum atomic E-state index is 14.2. The van der Waals surface area contributed by atoms with Gasteiger partial charge < -0.3 is 14.8 Å². The van der Waals surface area contributed by atoms with Crippen molar-refractivity contribution in [3.63, 3.8) is 0 Å². The number of nitrogens with one attached hydrogen (secondary N) is 1. The van der Waals surface area contributed by atoms with Gasteiger partial charge in [-0.15, -0.1) is 0 Å². The molecule has 2 rings (SSSR count). The summed E-state index contributed by atoms with van der Waals surface area (Å²) in [5.74, 6) is 0.0851. The summed E-state index contributed by atoms with van der Waals surface area (Å²) >= 11 is 0. The summed E-state index contributed by atoms with van der Waals surface area (Å²) in [5, 5.41) is 3.46. The molecule has 0 radical (unpaired) electrons. The van der Waals surface area contributed by atoms with Gasteiger partial charge in [0.15, 0.2) is 11.6 Å². The van der Waals surface area contributed by atoms with Gasteiger partial charge in [0.1, 0.15) is 0 Å². The van der Waals surface area contributed by atoms with Gasteiger partial charge in [0.05, 0.1) is 13.2 Å². The van der Waals surface area contributed by atoms with Gasteiger partial charge in [-0.3, -0.25) is 0 Å². The van der Waals surface area contributed by atoms with Crippen molar-refractivity contribution in [3.8, 4) is 5.75 Å². The highest BCUT2D eigenvalue weighted by molar-refractivity contribution is 5.31. The number of likely N-dealkylation sites (N-methyl/N-ethyl adjacent to an activating group) is 1. The molecule has 1 aliphatic rings. The minimum atomic E-state index is -0.236. The van der Waals surface area contributed by atoms with Gasteiger partial charge in [-0.1, -0.05) is 19.1 Å². The number of benzene rings is 1. The third-order valence-electron chi connectivity index (χ3n) is 4.08. The van der Waals surface area contributed by atoms with E-state index >= 15 is 0 Å². The van der Waals surface area contributed by atoms with E-state index in [1.54, 1.807) is 6.07 Å². The van der Waals surface area contributed by atoms with Gasteiger partial charge in [0.25, 0.3) is 0 Å². The second-order valence-corrected chi connectivity index (χ2v) is 5.60. The number of hydrogen-bond acceptors (Lipinski definition) is 3. The molecule has 1 heterocycles. The van der Waals surface area contributed by atoms with Crippen molar-refractivity contribution < 1.29 is 13.9 Å². The average Bonchev–Trinajstić information content (AvgIpc) is 3.00. The molecule has 1 N–H and O–H groups in total. The lowest BCUT2D eigenvalue weighted by Gasteiger charge is -2.20. The fraction of sp³-hybridized carbons (Fsp3) is 0.647. The molecular weight excluding hydrogens is 269 g/mol. The Balaban J connectivity index is 1.94. The van der Waals surface area contributed by atoms with E-state index in [4.69, 9.17) is 9.47 Å². The van der Waals surface area contributed by atoms with Crippen LogP contribution in [0.5, 0.6) is 5.75 Å². The first-order valence-electron chi connectivity index (χ1n) is 7.91. The molecule has 1 saturated heterocycles. The van der Waals surface area contributed by atoms with E-state index in [-0.39, 0.29) is 11.9 Å². The molecule has 2 atom stereocenters. The Morgan fingerprint density at radius 3 is 3.00 bits per heavy atom. The molecule has 21 heavy (non-hydrogen) atoms. The predicted molar refractivity (Wildman–Crippen MR) is 82.3 cm³/mol. The number of hydrogen-bond donors (Lipinski definition) is 1. The van der Waals surface area contributed by atoms with Crippen LogP contribution < -0.4 is 10.1 Å².